The van der Waals surface area contributed by atoms with Crippen LogP contribution in [0.15, 0.2) is 24.3 Å². The van der Waals surface area contributed by atoms with Crippen LogP contribution in [0.1, 0.15) is 37.8 Å². The van der Waals surface area contributed by atoms with Crippen LogP contribution in [0.3, 0.4) is 0 Å². The fourth-order valence-electron chi connectivity index (χ4n) is 1.98. The molecule has 0 heterocycles. The summed E-state index contributed by atoms with van der Waals surface area (Å²) in [6.07, 6.45) is 2.28. The maximum Gasteiger partial charge on any atom is 0.130 e. The van der Waals surface area contributed by atoms with E-state index in [0.29, 0.717) is 6.54 Å². The van der Waals surface area contributed by atoms with Crippen LogP contribution >= 0.6 is 0 Å². The third-order valence-corrected chi connectivity index (χ3v) is 3.41. The van der Waals surface area contributed by atoms with Crippen molar-refractivity contribution in [2.75, 3.05) is 6.54 Å². The molecule has 1 aliphatic carbocycles. The lowest BCUT2D eigenvalue weighted by molar-refractivity contribution is 0.221. The van der Waals surface area contributed by atoms with Crippen molar-refractivity contribution in [3.63, 3.8) is 0 Å². The lowest BCUT2D eigenvalue weighted by Gasteiger charge is -2.19. The second kappa shape index (κ2) is 3.31. The van der Waals surface area contributed by atoms with Gasteiger partial charge in [0.05, 0.1) is 0 Å². The lowest BCUT2D eigenvalue weighted by Crippen LogP contribution is -2.20. The highest BCUT2D eigenvalue weighted by Crippen LogP contribution is 2.47. The Morgan fingerprint density at radius 2 is 2.07 bits per heavy atom. The van der Waals surface area contributed by atoms with Gasteiger partial charge in [-0.3, -0.25) is 0 Å². The van der Waals surface area contributed by atoms with Crippen LogP contribution in [0.5, 0.6) is 0 Å². The van der Waals surface area contributed by atoms with Gasteiger partial charge in [-0.2, -0.15) is 0 Å². The van der Waals surface area contributed by atoms with Gasteiger partial charge < -0.3 is 5.73 Å². The largest absolute Gasteiger partial charge is 0.330 e. The number of halogens is 1. The highest BCUT2D eigenvalue weighted by Gasteiger charge is 2.43. The molecule has 1 fully saturated rings. The SMILES string of the molecule is CC(C)(F)c1cccc(C2(CN)CC2)c1. The number of hydrogen-bond donors (Lipinski definition) is 1. The van der Waals surface area contributed by atoms with Gasteiger partial charge in [-0.05, 0) is 37.8 Å². The van der Waals surface area contributed by atoms with E-state index in [2.05, 4.69) is 6.07 Å². The minimum Gasteiger partial charge on any atom is -0.330 e. The van der Waals surface area contributed by atoms with Crippen molar-refractivity contribution in [2.45, 2.75) is 37.8 Å². The number of hydrogen-bond acceptors (Lipinski definition) is 1. The first kappa shape index (κ1) is 10.6. The minimum atomic E-state index is -1.26. The van der Waals surface area contributed by atoms with Crippen molar-refractivity contribution in [1.82, 2.24) is 0 Å². The Hall–Kier alpha value is -0.890. The van der Waals surface area contributed by atoms with Gasteiger partial charge in [-0.1, -0.05) is 24.3 Å². The van der Waals surface area contributed by atoms with E-state index in [1.165, 1.54) is 5.56 Å². The Morgan fingerprint density at radius 3 is 2.53 bits per heavy atom. The smallest absolute Gasteiger partial charge is 0.130 e. The highest BCUT2D eigenvalue weighted by atomic mass is 19.1. The summed E-state index contributed by atoms with van der Waals surface area (Å²) >= 11 is 0. The molecule has 1 saturated carbocycles. The first-order chi connectivity index (χ1) is 6.98. The average Bonchev–Trinajstić information content (AvgIpc) is 2.97. The molecule has 1 aromatic carbocycles. The van der Waals surface area contributed by atoms with Crippen LogP contribution < -0.4 is 5.73 Å². The van der Waals surface area contributed by atoms with Crippen molar-refractivity contribution >= 4 is 0 Å². The summed E-state index contributed by atoms with van der Waals surface area (Å²) in [6.45, 7) is 3.85. The van der Waals surface area contributed by atoms with E-state index in [1.54, 1.807) is 13.8 Å². The van der Waals surface area contributed by atoms with Crippen molar-refractivity contribution in [3.8, 4) is 0 Å². The second-order valence-electron chi connectivity index (χ2n) is 5.04. The first-order valence-electron chi connectivity index (χ1n) is 5.48. The van der Waals surface area contributed by atoms with Crippen LogP contribution in [-0.4, -0.2) is 6.54 Å². The van der Waals surface area contributed by atoms with Gasteiger partial charge in [0.1, 0.15) is 5.67 Å². The van der Waals surface area contributed by atoms with Crippen molar-refractivity contribution in [3.05, 3.63) is 35.4 Å². The molecule has 0 bridgehead atoms. The summed E-state index contributed by atoms with van der Waals surface area (Å²) < 4.78 is 13.8. The predicted octanol–water partition coefficient (Wildman–Crippen LogP) is 2.88. The Bertz CT molecular complexity index is 361. The third kappa shape index (κ3) is 1.91. The summed E-state index contributed by atoms with van der Waals surface area (Å²) in [6, 6.07) is 7.81. The normalized spacial score (nSPS) is 18.9. The van der Waals surface area contributed by atoms with Crippen molar-refractivity contribution < 1.29 is 4.39 Å². The quantitative estimate of drug-likeness (QED) is 0.810. The first-order valence-corrected chi connectivity index (χ1v) is 5.48. The van der Waals surface area contributed by atoms with Gasteiger partial charge >= 0.3 is 0 Å². The topological polar surface area (TPSA) is 26.0 Å². The summed E-state index contributed by atoms with van der Waals surface area (Å²) in [5, 5.41) is 0. The maximum atomic E-state index is 13.8. The van der Waals surface area contributed by atoms with Crippen LogP contribution in [0, 0.1) is 0 Å². The molecular formula is C13H18FN. The molecule has 0 spiro atoms. The van der Waals surface area contributed by atoms with Crippen LogP contribution in [0.25, 0.3) is 0 Å². The van der Waals surface area contributed by atoms with Crippen LogP contribution in [-0.2, 0) is 11.1 Å². The van der Waals surface area contributed by atoms with Gasteiger partial charge in [-0.25, -0.2) is 4.39 Å². The standard InChI is InChI=1S/C13H18FN/c1-12(2,14)10-4-3-5-11(8-10)13(9-15)6-7-13/h3-5,8H,6-7,9,15H2,1-2H3. The zero-order chi connectivity index (χ0) is 11.1. The van der Waals surface area contributed by atoms with Gasteiger partial charge in [-0.15, -0.1) is 0 Å². The molecule has 1 nitrogen and oxygen atoms in total. The molecule has 0 saturated heterocycles. The molecule has 0 radical (unpaired) electrons. The van der Waals surface area contributed by atoms with E-state index in [9.17, 15) is 4.39 Å². The van der Waals surface area contributed by atoms with E-state index < -0.39 is 5.67 Å². The molecule has 82 valence electrons. The molecule has 2 heteroatoms. The molecule has 0 atom stereocenters. The average molecular weight is 207 g/mol. The summed E-state index contributed by atoms with van der Waals surface area (Å²) in [4.78, 5) is 0. The molecule has 0 amide bonds. The van der Waals surface area contributed by atoms with Gasteiger partial charge in [0, 0.05) is 12.0 Å². The van der Waals surface area contributed by atoms with Crippen molar-refractivity contribution in [1.29, 1.82) is 0 Å². The van der Waals surface area contributed by atoms with E-state index in [4.69, 9.17) is 5.73 Å². The van der Waals surface area contributed by atoms with Crippen LogP contribution in [0.2, 0.25) is 0 Å². The summed E-state index contributed by atoms with van der Waals surface area (Å²) in [7, 11) is 0. The van der Waals surface area contributed by atoms with Crippen LogP contribution in [0.4, 0.5) is 4.39 Å². The Balaban J connectivity index is 2.35. The number of alkyl halides is 1. The zero-order valence-corrected chi connectivity index (χ0v) is 9.39. The third-order valence-electron chi connectivity index (χ3n) is 3.41. The second-order valence-corrected chi connectivity index (χ2v) is 5.04. The van der Waals surface area contributed by atoms with E-state index >= 15 is 0 Å². The van der Waals surface area contributed by atoms with Gasteiger partial charge in [0.2, 0.25) is 0 Å². The van der Waals surface area contributed by atoms with E-state index in [1.807, 2.05) is 18.2 Å². The molecular weight excluding hydrogens is 189 g/mol. The number of nitrogens with two attached hydrogens (primary N) is 1. The highest BCUT2D eigenvalue weighted by molar-refractivity contribution is 5.36. The number of benzene rings is 1. The van der Waals surface area contributed by atoms with E-state index in [-0.39, 0.29) is 5.41 Å². The van der Waals surface area contributed by atoms with Gasteiger partial charge in [0.25, 0.3) is 0 Å². The predicted molar refractivity (Wildman–Crippen MR) is 60.5 cm³/mol. The van der Waals surface area contributed by atoms with E-state index in [0.717, 1.165) is 18.4 Å². The van der Waals surface area contributed by atoms with Gasteiger partial charge in [0.15, 0.2) is 0 Å². The Labute approximate surface area is 90.5 Å². The zero-order valence-electron chi connectivity index (χ0n) is 9.39. The molecule has 0 aromatic heterocycles. The summed E-state index contributed by atoms with van der Waals surface area (Å²) in [5.74, 6) is 0. The summed E-state index contributed by atoms with van der Waals surface area (Å²) in [5.41, 5.74) is 6.61. The lowest BCUT2D eigenvalue weighted by atomic mass is 9.91. The molecule has 2 rings (SSSR count). The molecule has 0 unspecified atom stereocenters. The maximum absolute atomic E-state index is 13.8. The minimum absolute atomic E-state index is 0.154. The fourth-order valence-corrected chi connectivity index (χ4v) is 1.98. The Morgan fingerprint density at radius 1 is 1.40 bits per heavy atom. The monoisotopic (exact) mass is 207 g/mol. The molecule has 2 N–H and O–H groups in total. The Kier molecular flexibility index (Phi) is 2.34. The molecule has 1 aromatic rings. The van der Waals surface area contributed by atoms with Crippen molar-refractivity contribution in [2.24, 2.45) is 5.73 Å². The molecule has 15 heavy (non-hydrogen) atoms. The molecule has 1 aliphatic rings. The fraction of sp³-hybridized carbons (Fsp3) is 0.538. The molecule has 0 aliphatic heterocycles. The number of rotatable bonds is 3.